The number of ether oxygens (including phenoxy) is 2. The Balaban J connectivity index is 1.71. The number of hydrogen-bond acceptors (Lipinski definition) is 8. The first-order valence-electron chi connectivity index (χ1n) is 9.86. The summed E-state index contributed by atoms with van der Waals surface area (Å²) in [6.45, 7) is 2.37. The minimum atomic E-state index is -0.443. The summed E-state index contributed by atoms with van der Waals surface area (Å²) < 4.78 is 12.4. The summed E-state index contributed by atoms with van der Waals surface area (Å²) in [7, 11) is 1.57. The molecule has 0 spiro atoms. The SMILES string of the molecule is COCc1cc(C)nc(N/N=C/c2cc(Br)c(OCc3ccc([N+](=O)[O-])cc3)c(Br)c2)c1C#N. The van der Waals surface area contributed by atoms with Crippen LogP contribution in [-0.2, 0) is 18.0 Å². The van der Waals surface area contributed by atoms with Gasteiger partial charge in [-0.1, -0.05) is 0 Å². The summed E-state index contributed by atoms with van der Waals surface area (Å²) in [6, 6.07) is 13.8. The van der Waals surface area contributed by atoms with Crippen molar-refractivity contribution in [3.8, 4) is 11.8 Å². The molecule has 2 aromatic carbocycles. The molecule has 3 rings (SSSR count). The normalized spacial score (nSPS) is 10.8. The van der Waals surface area contributed by atoms with Crippen molar-refractivity contribution >= 4 is 49.6 Å². The zero-order valence-electron chi connectivity index (χ0n) is 18.2. The summed E-state index contributed by atoms with van der Waals surface area (Å²) >= 11 is 7.00. The Kier molecular flexibility index (Phi) is 8.70. The molecule has 0 aliphatic heterocycles. The highest BCUT2D eigenvalue weighted by molar-refractivity contribution is 9.11. The lowest BCUT2D eigenvalue weighted by molar-refractivity contribution is -0.384. The van der Waals surface area contributed by atoms with Crippen molar-refractivity contribution in [3.63, 3.8) is 0 Å². The zero-order valence-corrected chi connectivity index (χ0v) is 21.4. The van der Waals surface area contributed by atoms with Crippen LogP contribution in [0.25, 0.3) is 0 Å². The maximum atomic E-state index is 10.8. The standard InChI is InChI=1S/C23H19Br2N5O4/c1-14-7-17(13-33-2)19(10-26)23(28-14)29-27-11-16-8-20(24)22(21(25)9-16)34-12-15-3-5-18(6-4-15)30(31)32/h3-9,11H,12-13H2,1-2H3,(H,28,29)/b27-11+. The first kappa shape index (κ1) is 25.3. The summed E-state index contributed by atoms with van der Waals surface area (Å²) in [5.41, 5.74) is 6.27. The minimum Gasteiger partial charge on any atom is -0.487 e. The molecule has 3 aromatic rings. The first-order valence-corrected chi connectivity index (χ1v) is 11.4. The molecule has 0 fully saturated rings. The number of rotatable bonds is 9. The predicted octanol–water partition coefficient (Wildman–Crippen LogP) is 5.87. The summed E-state index contributed by atoms with van der Waals surface area (Å²) in [4.78, 5) is 14.7. The molecule has 1 heterocycles. The van der Waals surface area contributed by atoms with Crippen LogP contribution in [0.2, 0.25) is 0 Å². The van der Waals surface area contributed by atoms with Crippen molar-refractivity contribution in [2.75, 3.05) is 12.5 Å². The predicted molar refractivity (Wildman–Crippen MR) is 135 cm³/mol. The number of halogens is 2. The Hall–Kier alpha value is -3.33. The number of aryl methyl sites for hydroxylation is 1. The van der Waals surface area contributed by atoms with Crippen LogP contribution in [0.1, 0.15) is 27.9 Å². The van der Waals surface area contributed by atoms with Crippen molar-refractivity contribution in [2.24, 2.45) is 5.10 Å². The third-order valence-electron chi connectivity index (χ3n) is 4.58. The highest BCUT2D eigenvalue weighted by Crippen LogP contribution is 2.35. The molecule has 34 heavy (non-hydrogen) atoms. The molecule has 0 aliphatic carbocycles. The first-order chi connectivity index (χ1) is 16.3. The number of nitriles is 1. The number of non-ortho nitro benzene ring substituents is 1. The third-order valence-corrected chi connectivity index (χ3v) is 5.75. The van der Waals surface area contributed by atoms with E-state index in [-0.39, 0.29) is 12.3 Å². The molecule has 9 nitrogen and oxygen atoms in total. The van der Waals surface area contributed by atoms with Crippen LogP contribution >= 0.6 is 31.9 Å². The number of hydrogen-bond donors (Lipinski definition) is 1. The highest BCUT2D eigenvalue weighted by atomic mass is 79.9. The largest absolute Gasteiger partial charge is 0.487 e. The molecular weight excluding hydrogens is 570 g/mol. The van der Waals surface area contributed by atoms with E-state index in [1.165, 1.54) is 12.1 Å². The molecule has 1 N–H and O–H groups in total. The van der Waals surface area contributed by atoms with E-state index >= 15 is 0 Å². The summed E-state index contributed by atoms with van der Waals surface area (Å²) in [5, 5.41) is 24.5. The topological polar surface area (TPSA) is 123 Å². The van der Waals surface area contributed by atoms with Gasteiger partial charge in [-0.25, -0.2) is 4.98 Å². The second kappa shape index (κ2) is 11.7. The third kappa shape index (κ3) is 6.38. The maximum Gasteiger partial charge on any atom is 0.269 e. The molecule has 0 amide bonds. The van der Waals surface area contributed by atoms with E-state index in [2.05, 4.69) is 53.4 Å². The van der Waals surface area contributed by atoms with Gasteiger partial charge in [-0.3, -0.25) is 15.5 Å². The van der Waals surface area contributed by atoms with Gasteiger partial charge < -0.3 is 9.47 Å². The highest BCUT2D eigenvalue weighted by Gasteiger charge is 2.12. The Morgan fingerprint density at radius 3 is 2.47 bits per heavy atom. The molecule has 0 aliphatic rings. The number of nitrogens with one attached hydrogen (secondary N) is 1. The number of methoxy groups -OCH3 is 1. The molecular formula is C23H19Br2N5O4. The number of benzene rings is 2. The molecule has 0 unspecified atom stereocenters. The Bertz CT molecular complexity index is 1250. The fourth-order valence-corrected chi connectivity index (χ4v) is 4.50. The van der Waals surface area contributed by atoms with Gasteiger partial charge in [0.25, 0.3) is 5.69 Å². The van der Waals surface area contributed by atoms with Crippen LogP contribution in [0.4, 0.5) is 11.5 Å². The molecule has 11 heteroatoms. The molecule has 0 atom stereocenters. The van der Waals surface area contributed by atoms with E-state index in [0.29, 0.717) is 32.7 Å². The van der Waals surface area contributed by atoms with Crippen molar-refractivity contribution in [1.29, 1.82) is 5.26 Å². The average molecular weight is 589 g/mol. The lowest BCUT2D eigenvalue weighted by atomic mass is 10.1. The molecule has 1 aromatic heterocycles. The van der Waals surface area contributed by atoms with Gasteiger partial charge in [0, 0.05) is 30.5 Å². The van der Waals surface area contributed by atoms with Crippen molar-refractivity contribution < 1.29 is 14.4 Å². The van der Waals surface area contributed by atoms with Crippen molar-refractivity contribution in [3.05, 3.63) is 89.5 Å². The fourth-order valence-electron chi connectivity index (χ4n) is 3.05. The number of aromatic nitrogens is 1. The monoisotopic (exact) mass is 587 g/mol. The zero-order chi connectivity index (χ0) is 24.7. The van der Waals surface area contributed by atoms with E-state index < -0.39 is 4.92 Å². The molecule has 0 bridgehead atoms. The van der Waals surface area contributed by atoms with Gasteiger partial charge in [-0.05, 0) is 80.2 Å². The summed E-state index contributed by atoms with van der Waals surface area (Å²) in [6.07, 6.45) is 1.59. The maximum absolute atomic E-state index is 10.8. The number of nitrogens with zero attached hydrogens (tertiary/aromatic N) is 4. The van der Waals surface area contributed by atoms with Gasteiger partial charge in [-0.15, -0.1) is 0 Å². The number of hydrazone groups is 1. The number of nitro groups is 1. The smallest absolute Gasteiger partial charge is 0.269 e. The number of anilines is 1. The Morgan fingerprint density at radius 2 is 1.88 bits per heavy atom. The van der Waals surface area contributed by atoms with Crippen LogP contribution in [0, 0.1) is 28.4 Å². The van der Waals surface area contributed by atoms with E-state index in [1.54, 1.807) is 31.5 Å². The number of pyridine rings is 1. The van der Waals surface area contributed by atoms with Crippen molar-refractivity contribution in [2.45, 2.75) is 20.1 Å². The lowest BCUT2D eigenvalue weighted by Gasteiger charge is -2.11. The van der Waals surface area contributed by atoms with Gasteiger partial charge in [0.1, 0.15) is 24.0 Å². The molecule has 0 saturated carbocycles. The van der Waals surface area contributed by atoms with Gasteiger partial charge in [-0.2, -0.15) is 10.4 Å². The quantitative estimate of drug-likeness (QED) is 0.188. The fraction of sp³-hybridized carbons (Fsp3) is 0.174. The van der Waals surface area contributed by atoms with Crippen LogP contribution in [0.5, 0.6) is 5.75 Å². The van der Waals surface area contributed by atoms with Gasteiger partial charge >= 0.3 is 0 Å². The van der Waals surface area contributed by atoms with Crippen LogP contribution in [0.3, 0.4) is 0 Å². The van der Waals surface area contributed by atoms with Crippen LogP contribution < -0.4 is 10.2 Å². The number of nitro benzene ring substituents is 1. The minimum absolute atomic E-state index is 0.0287. The van der Waals surface area contributed by atoms with E-state index in [4.69, 9.17) is 9.47 Å². The van der Waals surface area contributed by atoms with Crippen LogP contribution in [-0.4, -0.2) is 23.2 Å². The van der Waals surface area contributed by atoms with Gasteiger partial charge in [0.2, 0.25) is 0 Å². The van der Waals surface area contributed by atoms with Crippen LogP contribution in [0.15, 0.2) is 56.5 Å². The summed E-state index contributed by atoms with van der Waals surface area (Å²) in [5.74, 6) is 0.937. The van der Waals surface area contributed by atoms with Crippen molar-refractivity contribution in [1.82, 2.24) is 4.98 Å². The molecule has 0 saturated heterocycles. The molecule has 0 radical (unpaired) electrons. The average Bonchev–Trinajstić information content (AvgIpc) is 2.79. The van der Waals surface area contributed by atoms with E-state index in [9.17, 15) is 15.4 Å². The van der Waals surface area contributed by atoms with Gasteiger partial charge in [0.15, 0.2) is 5.82 Å². The van der Waals surface area contributed by atoms with E-state index in [0.717, 1.165) is 22.4 Å². The van der Waals surface area contributed by atoms with E-state index in [1.807, 2.05) is 19.1 Å². The van der Waals surface area contributed by atoms with Gasteiger partial charge in [0.05, 0.1) is 26.7 Å². The Labute approximate surface area is 212 Å². The second-order valence-corrected chi connectivity index (χ2v) is 8.80. The second-order valence-electron chi connectivity index (χ2n) is 7.09. The molecule has 174 valence electrons. The Morgan fingerprint density at radius 1 is 1.21 bits per heavy atom. The lowest BCUT2D eigenvalue weighted by Crippen LogP contribution is -2.03.